The first-order valence-electron chi connectivity index (χ1n) is 12.0. The molecule has 0 aliphatic carbocycles. The molecule has 1 atom stereocenters. The van der Waals surface area contributed by atoms with Gasteiger partial charge in [-0.2, -0.15) is 0 Å². The standard InChI is InChI=1S/C29H33ClN2O3/c1-3-4-17-31-29(34)26(19-23-12-6-5-7-13-23)32(20-24-14-10-11-22(2)18-24)28(33)21-35-27-16-9-8-15-25(27)30/h5-16,18,26H,3-4,17,19-21H2,1-2H3,(H,31,34). The maximum atomic E-state index is 13.6. The Hall–Kier alpha value is -3.31. The number of carbonyl (C=O) groups excluding carboxylic acids is 2. The van der Waals surface area contributed by atoms with E-state index >= 15 is 0 Å². The molecule has 0 aliphatic rings. The summed E-state index contributed by atoms with van der Waals surface area (Å²) in [5.74, 6) is -0.0101. The Balaban J connectivity index is 1.89. The molecular formula is C29H33ClN2O3. The number of halogens is 1. The van der Waals surface area contributed by atoms with E-state index in [9.17, 15) is 9.59 Å². The van der Waals surface area contributed by atoms with Crippen LogP contribution in [0.15, 0.2) is 78.9 Å². The normalized spacial score (nSPS) is 11.5. The minimum absolute atomic E-state index is 0.166. The molecule has 6 heteroatoms. The van der Waals surface area contributed by atoms with E-state index in [1.165, 1.54) is 0 Å². The van der Waals surface area contributed by atoms with Crippen LogP contribution in [0.4, 0.5) is 0 Å². The first kappa shape index (κ1) is 26.3. The van der Waals surface area contributed by atoms with E-state index < -0.39 is 6.04 Å². The van der Waals surface area contributed by atoms with E-state index in [4.69, 9.17) is 16.3 Å². The van der Waals surface area contributed by atoms with E-state index in [0.717, 1.165) is 29.5 Å². The van der Waals surface area contributed by atoms with Crippen molar-refractivity contribution >= 4 is 23.4 Å². The number of ether oxygens (including phenoxy) is 1. The van der Waals surface area contributed by atoms with Crippen LogP contribution in [-0.4, -0.2) is 35.9 Å². The fraction of sp³-hybridized carbons (Fsp3) is 0.310. The molecule has 0 saturated heterocycles. The molecule has 0 saturated carbocycles. The molecule has 2 amide bonds. The highest BCUT2D eigenvalue weighted by molar-refractivity contribution is 6.32. The lowest BCUT2D eigenvalue weighted by molar-refractivity contribution is -0.142. The second-order valence-electron chi connectivity index (χ2n) is 8.58. The third-order valence-corrected chi connectivity index (χ3v) is 6.04. The minimum atomic E-state index is -0.683. The lowest BCUT2D eigenvalue weighted by Gasteiger charge is -2.31. The van der Waals surface area contributed by atoms with Crippen molar-refractivity contribution < 1.29 is 14.3 Å². The van der Waals surface area contributed by atoms with Gasteiger partial charge >= 0.3 is 0 Å². The van der Waals surface area contributed by atoms with E-state index in [2.05, 4.69) is 12.2 Å². The number of rotatable bonds is 12. The maximum Gasteiger partial charge on any atom is 0.261 e. The number of para-hydroxylation sites is 1. The molecule has 0 spiro atoms. The van der Waals surface area contributed by atoms with Gasteiger partial charge in [0.1, 0.15) is 11.8 Å². The summed E-state index contributed by atoms with van der Waals surface area (Å²) in [6.45, 7) is 4.74. The van der Waals surface area contributed by atoms with Crippen LogP contribution >= 0.6 is 11.6 Å². The second-order valence-corrected chi connectivity index (χ2v) is 8.99. The van der Waals surface area contributed by atoms with Crippen LogP contribution in [0.2, 0.25) is 5.02 Å². The van der Waals surface area contributed by atoms with E-state index in [0.29, 0.717) is 30.3 Å². The summed E-state index contributed by atoms with van der Waals surface area (Å²) in [6, 6.07) is 24.1. The monoisotopic (exact) mass is 492 g/mol. The molecule has 3 aromatic rings. The topological polar surface area (TPSA) is 58.6 Å². The van der Waals surface area contributed by atoms with Crippen molar-refractivity contribution in [2.45, 2.75) is 45.7 Å². The van der Waals surface area contributed by atoms with Gasteiger partial charge in [0.05, 0.1) is 5.02 Å². The predicted octanol–water partition coefficient (Wildman–Crippen LogP) is 5.58. The van der Waals surface area contributed by atoms with Crippen LogP contribution in [0.1, 0.15) is 36.5 Å². The van der Waals surface area contributed by atoms with Gasteiger partial charge in [0.15, 0.2) is 6.61 Å². The molecule has 0 fully saturated rings. The molecule has 1 unspecified atom stereocenters. The van der Waals surface area contributed by atoms with Gasteiger partial charge in [-0.05, 0) is 36.6 Å². The van der Waals surface area contributed by atoms with Crippen LogP contribution in [0.25, 0.3) is 0 Å². The third kappa shape index (κ3) is 8.15. The van der Waals surface area contributed by atoms with Crippen LogP contribution in [-0.2, 0) is 22.6 Å². The molecule has 5 nitrogen and oxygen atoms in total. The molecule has 35 heavy (non-hydrogen) atoms. The molecule has 0 bridgehead atoms. The Morgan fingerprint density at radius 1 is 0.971 bits per heavy atom. The van der Waals surface area contributed by atoms with Crippen molar-refractivity contribution in [1.29, 1.82) is 0 Å². The molecule has 0 heterocycles. The number of hydrogen-bond acceptors (Lipinski definition) is 3. The maximum absolute atomic E-state index is 13.6. The Morgan fingerprint density at radius 3 is 2.40 bits per heavy atom. The van der Waals surface area contributed by atoms with Gasteiger partial charge in [0, 0.05) is 19.5 Å². The summed E-state index contributed by atoms with van der Waals surface area (Å²) in [5.41, 5.74) is 3.03. The van der Waals surface area contributed by atoms with Gasteiger partial charge in [0.25, 0.3) is 5.91 Å². The summed E-state index contributed by atoms with van der Waals surface area (Å²) >= 11 is 6.21. The lowest BCUT2D eigenvalue weighted by Crippen LogP contribution is -2.51. The number of nitrogens with one attached hydrogen (secondary N) is 1. The van der Waals surface area contributed by atoms with Crippen molar-refractivity contribution in [3.8, 4) is 5.75 Å². The first-order chi connectivity index (χ1) is 17.0. The Kier molecular flexibility index (Phi) is 10.2. The van der Waals surface area contributed by atoms with E-state index in [1.54, 1.807) is 29.2 Å². The van der Waals surface area contributed by atoms with Gasteiger partial charge in [0.2, 0.25) is 5.91 Å². The van der Waals surface area contributed by atoms with E-state index in [-0.39, 0.29) is 18.4 Å². The Morgan fingerprint density at radius 2 is 1.69 bits per heavy atom. The predicted molar refractivity (Wildman–Crippen MR) is 141 cm³/mol. The highest BCUT2D eigenvalue weighted by atomic mass is 35.5. The first-order valence-corrected chi connectivity index (χ1v) is 12.4. The zero-order valence-electron chi connectivity index (χ0n) is 20.4. The zero-order valence-corrected chi connectivity index (χ0v) is 21.1. The molecule has 0 radical (unpaired) electrons. The number of nitrogens with zero attached hydrogens (tertiary/aromatic N) is 1. The van der Waals surface area contributed by atoms with Crippen LogP contribution in [0, 0.1) is 6.92 Å². The van der Waals surface area contributed by atoms with Crippen LogP contribution < -0.4 is 10.1 Å². The van der Waals surface area contributed by atoms with Gasteiger partial charge in [-0.3, -0.25) is 9.59 Å². The minimum Gasteiger partial charge on any atom is -0.482 e. The van der Waals surface area contributed by atoms with Crippen LogP contribution in [0.5, 0.6) is 5.75 Å². The average molecular weight is 493 g/mol. The molecule has 0 aliphatic heterocycles. The largest absolute Gasteiger partial charge is 0.482 e. The molecule has 184 valence electrons. The summed E-state index contributed by atoms with van der Waals surface area (Å²) in [6.07, 6.45) is 2.26. The SMILES string of the molecule is CCCCNC(=O)C(Cc1ccccc1)N(Cc1cccc(C)c1)C(=O)COc1ccccc1Cl. The van der Waals surface area contributed by atoms with Gasteiger partial charge < -0.3 is 15.0 Å². The van der Waals surface area contributed by atoms with Gasteiger partial charge in [-0.25, -0.2) is 0 Å². The van der Waals surface area contributed by atoms with Crippen molar-refractivity contribution in [3.63, 3.8) is 0 Å². The Bertz CT molecular complexity index is 1100. The quantitative estimate of drug-likeness (QED) is 0.335. The van der Waals surface area contributed by atoms with Crippen molar-refractivity contribution in [2.75, 3.05) is 13.2 Å². The fourth-order valence-electron chi connectivity index (χ4n) is 3.85. The van der Waals surface area contributed by atoms with Crippen LogP contribution in [0.3, 0.4) is 0 Å². The van der Waals surface area contributed by atoms with Crippen molar-refractivity contribution in [2.24, 2.45) is 0 Å². The number of hydrogen-bond donors (Lipinski definition) is 1. The smallest absolute Gasteiger partial charge is 0.261 e. The highest BCUT2D eigenvalue weighted by Gasteiger charge is 2.30. The number of carbonyl (C=O) groups is 2. The summed E-state index contributed by atoms with van der Waals surface area (Å²) in [5, 5.41) is 3.46. The number of unbranched alkanes of at least 4 members (excludes halogenated alkanes) is 1. The Labute approximate surface area is 213 Å². The molecule has 0 aromatic heterocycles. The molecule has 1 N–H and O–H groups in total. The molecular weight excluding hydrogens is 460 g/mol. The van der Waals surface area contributed by atoms with Crippen molar-refractivity contribution in [1.82, 2.24) is 10.2 Å². The van der Waals surface area contributed by atoms with E-state index in [1.807, 2.05) is 61.5 Å². The average Bonchev–Trinajstić information content (AvgIpc) is 2.86. The lowest BCUT2D eigenvalue weighted by atomic mass is 10.0. The number of aryl methyl sites for hydroxylation is 1. The summed E-state index contributed by atoms with van der Waals surface area (Å²) in [7, 11) is 0. The molecule has 3 aromatic carbocycles. The summed E-state index contributed by atoms with van der Waals surface area (Å²) in [4.78, 5) is 28.6. The summed E-state index contributed by atoms with van der Waals surface area (Å²) < 4.78 is 5.76. The van der Waals surface area contributed by atoms with Gasteiger partial charge in [-0.15, -0.1) is 0 Å². The highest BCUT2D eigenvalue weighted by Crippen LogP contribution is 2.23. The number of amides is 2. The second kappa shape index (κ2) is 13.5. The number of benzene rings is 3. The molecule has 3 rings (SSSR count). The van der Waals surface area contributed by atoms with Crippen molar-refractivity contribution in [3.05, 3.63) is 101 Å². The van der Waals surface area contributed by atoms with Gasteiger partial charge in [-0.1, -0.05) is 97.2 Å². The third-order valence-electron chi connectivity index (χ3n) is 5.72. The zero-order chi connectivity index (χ0) is 25.0. The fourth-order valence-corrected chi connectivity index (χ4v) is 4.04.